The van der Waals surface area contributed by atoms with Crippen LogP contribution in [0.15, 0.2) is 41.8 Å². The first-order valence-corrected chi connectivity index (χ1v) is 6.90. The van der Waals surface area contributed by atoms with Crippen molar-refractivity contribution >= 4 is 28.9 Å². The summed E-state index contributed by atoms with van der Waals surface area (Å²) in [5.74, 6) is 0.730. The van der Waals surface area contributed by atoms with E-state index in [0.717, 1.165) is 22.2 Å². The molecule has 0 atom stereocenters. The van der Waals surface area contributed by atoms with Gasteiger partial charge in [0.2, 0.25) is 0 Å². The van der Waals surface area contributed by atoms with Crippen LogP contribution in [0.2, 0.25) is 5.15 Å². The molecule has 0 aliphatic rings. The summed E-state index contributed by atoms with van der Waals surface area (Å²) in [7, 11) is 0. The standard InChI is InChI=1S/C12H9ClN4S/c1-18-12-14-6-5-8(15-12)11-16-10(13)9-4-2-3-7-17(9)11/h2-7H,1H3. The monoisotopic (exact) mass is 276 g/mol. The molecule has 0 saturated carbocycles. The van der Waals surface area contributed by atoms with Gasteiger partial charge in [-0.2, -0.15) is 0 Å². The fourth-order valence-corrected chi connectivity index (χ4v) is 2.33. The molecular weight excluding hydrogens is 268 g/mol. The lowest BCUT2D eigenvalue weighted by atomic mass is 10.4. The molecule has 0 bridgehead atoms. The molecule has 0 radical (unpaired) electrons. The Kier molecular flexibility index (Phi) is 2.93. The number of hydrogen-bond donors (Lipinski definition) is 0. The summed E-state index contributed by atoms with van der Waals surface area (Å²) in [6.07, 6.45) is 5.59. The normalized spacial score (nSPS) is 11.0. The highest BCUT2D eigenvalue weighted by atomic mass is 35.5. The maximum Gasteiger partial charge on any atom is 0.187 e. The fourth-order valence-electron chi connectivity index (χ4n) is 1.74. The summed E-state index contributed by atoms with van der Waals surface area (Å²) in [6, 6.07) is 7.62. The first-order valence-electron chi connectivity index (χ1n) is 5.29. The Hall–Kier alpha value is -1.59. The van der Waals surface area contributed by atoms with E-state index in [2.05, 4.69) is 15.0 Å². The van der Waals surface area contributed by atoms with Crippen LogP contribution >= 0.6 is 23.4 Å². The highest BCUT2D eigenvalue weighted by Gasteiger charge is 2.12. The molecule has 0 saturated heterocycles. The van der Waals surface area contributed by atoms with Crippen molar-refractivity contribution in [3.63, 3.8) is 0 Å². The van der Waals surface area contributed by atoms with Crippen molar-refractivity contribution in [3.8, 4) is 11.5 Å². The Balaban J connectivity index is 2.25. The Morgan fingerprint density at radius 2 is 2.11 bits per heavy atom. The van der Waals surface area contributed by atoms with Gasteiger partial charge in [0.15, 0.2) is 16.1 Å². The van der Waals surface area contributed by atoms with Crippen LogP contribution in [0.4, 0.5) is 0 Å². The molecule has 90 valence electrons. The molecule has 6 heteroatoms. The van der Waals surface area contributed by atoms with Crippen molar-refractivity contribution in [1.29, 1.82) is 0 Å². The maximum absolute atomic E-state index is 6.12. The average molecular weight is 277 g/mol. The smallest absolute Gasteiger partial charge is 0.187 e. The Bertz CT molecular complexity index is 710. The Morgan fingerprint density at radius 3 is 2.94 bits per heavy atom. The van der Waals surface area contributed by atoms with Gasteiger partial charge < -0.3 is 0 Å². The van der Waals surface area contributed by atoms with Gasteiger partial charge in [-0.3, -0.25) is 4.40 Å². The molecule has 3 heterocycles. The molecule has 0 N–H and O–H groups in total. The van der Waals surface area contributed by atoms with Crippen molar-refractivity contribution in [3.05, 3.63) is 41.8 Å². The van der Waals surface area contributed by atoms with E-state index in [-0.39, 0.29) is 0 Å². The third-order valence-electron chi connectivity index (χ3n) is 2.55. The van der Waals surface area contributed by atoms with Gasteiger partial charge in [0.25, 0.3) is 0 Å². The van der Waals surface area contributed by atoms with Crippen LogP contribution in [0.3, 0.4) is 0 Å². The summed E-state index contributed by atoms with van der Waals surface area (Å²) in [5, 5.41) is 1.20. The number of pyridine rings is 1. The van der Waals surface area contributed by atoms with E-state index in [1.54, 1.807) is 6.20 Å². The summed E-state index contributed by atoms with van der Waals surface area (Å²) < 4.78 is 1.93. The van der Waals surface area contributed by atoms with Crippen LogP contribution in [0.5, 0.6) is 0 Å². The van der Waals surface area contributed by atoms with Gasteiger partial charge >= 0.3 is 0 Å². The molecule has 3 aromatic heterocycles. The van der Waals surface area contributed by atoms with Crippen molar-refractivity contribution in [2.75, 3.05) is 6.26 Å². The van der Waals surface area contributed by atoms with E-state index in [1.807, 2.05) is 41.1 Å². The minimum absolute atomic E-state index is 0.481. The Morgan fingerprint density at radius 1 is 1.22 bits per heavy atom. The fraction of sp³-hybridized carbons (Fsp3) is 0.0833. The maximum atomic E-state index is 6.12. The molecule has 0 aliphatic carbocycles. The number of fused-ring (bicyclic) bond motifs is 1. The highest BCUT2D eigenvalue weighted by Crippen LogP contribution is 2.24. The zero-order valence-electron chi connectivity index (χ0n) is 9.54. The van der Waals surface area contributed by atoms with E-state index >= 15 is 0 Å². The lowest BCUT2D eigenvalue weighted by molar-refractivity contribution is 0.961. The number of nitrogens with zero attached hydrogens (tertiary/aromatic N) is 4. The molecule has 3 aromatic rings. The van der Waals surface area contributed by atoms with Gasteiger partial charge in [-0.25, -0.2) is 15.0 Å². The van der Waals surface area contributed by atoms with Crippen molar-refractivity contribution in [2.45, 2.75) is 5.16 Å². The second-order valence-electron chi connectivity index (χ2n) is 3.61. The molecule has 0 aromatic carbocycles. The summed E-state index contributed by atoms with van der Waals surface area (Å²) in [6.45, 7) is 0. The van der Waals surface area contributed by atoms with Gasteiger partial charge in [0.05, 0.1) is 5.52 Å². The second-order valence-corrected chi connectivity index (χ2v) is 4.74. The van der Waals surface area contributed by atoms with Crippen LogP contribution in [0, 0.1) is 0 Å². The van der Waals surface area contributed by atoms with E-state index < -0.39 is 0 Å². The number of rotatable bonds is 2. The molecule has 0 spiro atoms. The van der Waals surface area contributed by atoms with E-state index in [0.29, 0.717) is 5.15 Å². The average Bonchev–Trinajstić information content (AvgIpc) is 2.77. The topological polar surface area (TPSA) is 43.1 Å². The van der Waals surface area contributed by atoms with Crippen LogP contribution in [0.25, 0.3) is 17.0 Å². The van der Waals surface area contributed by atoms with Crippen LogP contribution in [0.1, 0.15) is 0 Å². The first-order chi connectivity index (χ1) is 8.79. The molecule has 0 unspecified atom stereocenters. The van der Waals surface area contributed by atoms with Crippen molar-refractivity contribution < 1.29 is 0 Å². The van der Waals surface area contributed by atoms with Crippen LogP contribution < -0.4 is 0 Å². The minimum atomic E-state index is 0.481. The zero-order chi connectivity index (χ0) is 12.5. The number of halogens is 1. The molecule has 3 rings (SSSR count). The lowest BCUT2D eigenvalue weighted by Crippen LogP contribution is -1.93. The molecule has 4 nitrogen and oxygen atoms in total. The van der Waals surface area contributed by atoms with Crippen molar-refractivity contribution in [1.82, 2.24) is 19.4 Å². The molecule has 18 heavy (non-hydrogen) atoms. The third-order valence-corrected chi connectivity index (χ3v) is 3.39. The predicted molar refractivity (Wildman–Crippen MR) is 73.0 cm³/mol. The zero-order valence-corrected chi connectivity index (χ0v) is 11.1. The van der Waals surface area contributed by atoms with E-state index in [9.17, 15) is 0 Å². The summed E-state index contributed by atoms with van der Waals surface area (Å²) >= 11 is 7.62. The third kappa shape index (κ3) is 1.85. The number of imidazole rings is 1. The highest BCUT2D eigenvalue weighted by molar-refractivity contribution is 7.98. The van der Waals surface area contributed by atoms with Crippen LogP contribution in [-0.2, 0) is 0 Å². The lowest BCUT2D eigenvalue weighted by Gasteiger charge is -2.01. The SMILES string of the molecule is CSc1nccc(-c2nc(Cl)c3ccccn23)n1. The quantitative estimate of drug-likeness (QED) is 0.533. The van der Waals surface area contributed by atoms with Gasteiger partial charge in [0, 0.05) is 12.4 Å². The minimum Gasteiger partial charge on any atom is -0.297 e. The van der Waals surface area contributed by atoms with Crippen molar-refractivity contribution in [2.24, 2.45) is 0 Å². The number of thioether (sulfide) groups is 1. The van der Waals surface area contributed by atoms with Gasteiger partial charge in [-0.1, -0.05) is 29.4 Å². The molecule has 0 fully saturated rings. The Labute approximate surface area is 113 Å². The van der Waals surface area contributed by atoms with Gasteiger partial charge in [-0.05, 0) is 24.5 Å². The number of hydrogen-bond acceptors (Lipinski definition) is 4. The largest absolute Gasteiger partial charge is 0.297 e. The summed E-state index contributed by atoms with van der Waals surface area (Å²) in [5.41, 5.74) is 1.64. The number of aromatic nitrogens is 4. The molecule has 0 amide bonds. The van der Waals surface area contributed by atoms with Gasteiger partial charge in [-0.15, -0.1) is 0 Å². The van der Waals surface area contributed by atoms with Gasteiger partial charge in [0.1, 0.15) is 5.69 Å². The van der Waals surface area contributed by atoms with E-state index in [1.165, 1.54) is 11.8 Å². The second kappa shape index (κ2) is 4.59. The summed E-state index contributed by atoms with van der Waals surface area (Å²) in [4.78, 5) is 13.0. The predicted octanol–water partition coefficient (Wildman–Crippen LogP) is 3.17. The first kappa shape index (κ1) is 11.5. The van der Waals surface area contributed by atoms with E-state index in [4.69, 9.17) is 11.6 Å². The molecular formula is C12H9ClN4S. The molecule has 0 aliphatic heterocycles. The van der Waals surface area contributed by atoms with Crippen LogP contribution in [-0.4, -0.2) is 25.6 Å².